The van der Waals surface area contributed by atoms with E-state index >= 15 is 0 Å². The lowest BCUT2D eigenvalue weighted by molar-refractivity contribution is 0.442. The minimum absolute atomic E-state index is 0.171. The summed E-state index contributed by atoms with van der Waals surface area (Å²) in [5.74, 6) is 0.171. The Morgan fingerprint density at radius 1 is 0.710 bits per heavy atom. The normalized spacial score (nSPS) is 11.1. The predicted molar refractivity (Wildman–Crippen MR) is 123 cm³/mol. The molecule has 0 aliphatic rings. The average Bonchev–Trinajstić information content (AvgIpc) is 3.12. The van der Waals surface area contributed by atoms with Crippen LogP contribution in [0.15, 0.2) is 91.1 Å². The van der Waals surface area contributed by atoms with Crippen molar-refractivity contribution in [1.82, 2.24) is 14.4 Å². The number of aromatic hydroxyl groups is 1. The molecule has 3 aromatic carbocycles. The minimum atomic E-state index is 0.171. The van der Waals surface area contributed by atoms with Crippen molar-refractivity contribution in [2.75, 3.05) is 0 Å². The van der Waals surface area contributed by atoms with E-state index in [1.54, 1.807) is 4.40 Å². The molecule has 2 aromatic heterocycles. The molecule has 0 aliphatic heterocycles. The molecule has 0 saturated carbocycles. The molecule has 5 aromatic rings. The topological polar surface area (TPSA) is 50.4 Å². The highest BCUT2D eigenvalue weighted by molar-refractivity contribution is 5.63. The van der Waals surface area contributed by atoms with Crippen molar-refractivity contribution in [2.45, 2.75) is 19.8 Å². The first-order valence-electron chi connectivity index (χ1n) is 10.4. The first-order chi connectivity index (χ1) is 15.2. The van der Waals surface area contributed by atoms with Crippen LogP contribution in [0.1, 0.15) is 28.1 Å². The Morgan fingerprint density at radius 3 is 2.03 bits per heavy atom. The third kappa shape index (κ3) is 3.92. The van der Waals surface area contributed by atoms with Gasteiger partial charge in [-0.15, -0.1) is 0 Å². The van der Waals surface area contributed by atoms with Crippen LogP contribution in [0.25, 0.3) is 16.9 Å². The standard InChI is InChI=1S/C27H23N3O/c1-19-12-14-21(15-13-19)17-24-27(31)30-18-25(22-10-6-3-7-11-22)28-23(26(30)29-24)16-20-8-4-2-5-9-20/h2-15,18,31H,16-17H2,1H3. The fourth-order valence-corrected chi connectivity index (χ4v) is 3.82. The number of rotatable bonds is 5. The van der Waals surface area contributed by atoms with Crippen LogP contribution in [-0.4, -0.2) is 19.5 Å². The zero-order valence-corrected chi connectivity index (χ0v) is 17.4. The molecule has 31 heavy (non-hydrogen) atoms. The van der Waals surface area contributed by atoms with Gasteiger partial charge in [-0.05, 0) is 18.1 Å². The molecule has 152 valence electrons. The van der Waals surface area contributed by atoms with Gasteiger partial charge in [-0.3, -0.25) is 4.40 Å². The van der Waals surface area contributed by atoms with Crippen LogP contribution in [0, 0.1) is 6.92 Å². The number of fused-ring (bicyclic) bond motifs is 1. The van der Waals surface area contributed by atoms with E-state index in [0.29, 0.717) is 24.2 Å². The Labute approximate surface area is 181 Å². The van der Waals surface area contributed by atoms with Crippen molar-refractivity contribution in [1.29, 1.82) is 0 Å². The van der Waals surface area contributed by atoms with Gasteiger partial charge in [0, 0.05) is 24.6 Å². The van der Waals surface area contributed by atoms with Crippen LogP contribution < -0.4 is 0 Å². The highest BCUT2D eigenvalue weighted by Gasteiger charge is 2.18. The second kappa shape index (κ2) is 8.07. The van der Waals surface area contributed by atoms with Gasteiger partial charge in [-0.1, -0.05) is 90.5 Å². The summed E-state index contributed by atoms with van der Waals surface area (Å²) in [6, 6.07) is 28.6. The number of hydrogen-bond donors (Lipinski definition) is 1. The molecule has 0 aliphatic carbocycles. The Kier molecular flexibility index (Phi) is 4.97. The molecule has 1 N–H and O–H groups in total. The SMILES string of the molecule is Cc1ccc(Cc2nc3c(Cc4ccccc4)nc(-c4ccccc4)cn3c2O)cc1. The van der Waals surface area contributed by atoms with Crippen molar-refractivity contribution in [3.05, 3.63) is 119 Å². The average molecular weight is 406 g/mol. The Hall–Kier alpha value is -3.92. The van der Waals surface area contributed by atoms with E-state index in [-0.39, 0.29) is 5.88 Å². The molecule has 0 unspecified atom stereocenters. The summed E-state index contributed by atoms with van der Waals surface area (Å²) in [6.07, 6.45) is 3.09. The summed E-state index contributed by atoms with van der Waals surface area (Å²) in [4.78, 5) is 9.76. The number of aryl methyl sites for hydroxylation is 1. The lowest BCUT2D eigenvalue weighted by atomic mass is 10.1. The van der Waals surface area contributed by atoms with Crippen LogP contribution in [-0.2, 0) is 12.8 Å². The Bertz CT molecular complexity index is 1320. The van der Waals surface area contributed by atoms with E-state index in [4.69, 9.17) is 9.97 Å². The lowest BCUT2D eigenvalue weighted by Gasteiger charge is -2.08. The van der Waals surface area contributed by atoms with Crippen molar-refractivity contribution in [3.8, 4) is 17.1 Å². The third-order valence-electron chi connectivity index (χ3n) is 5.50. The summed E-state index contributed by atoms with van der Waals surface area (Å²) < 4.78 is 1.77. The fourth-order valence-electron chi connectivity index (χ4n) is 3.82. The number of hydrogen-bond acceptors (Lipinski definition) is 3. The number of benzene rings is 3. The van der Waals surface area contributed by atoms with Crippen molar-refractivity contribution in [3.63, 3.8) is 0 Å². The van der Waals surface area contributed by atoms with Gasteiger partial charge >= 0.3 is 0 Å². The lowest BCUT2D eigenvalue weighted by Crippen LogP contribution is -2.00. The second-order valence-electron chi connectivity index (χ2n) is 7.84. The molecular weight excluding hydrogens is 382 g/mol. The van der Waals surface area contributed by atoms with E-state index in [2.05, 4.69) is 43.3 Å². The monoisotopic (exact) mass is 405 g/mol. The van der Waals surface area contributed by atoms with Crippen LogP contribution in [0.2, 0.25) is 0 Å². The maximum Gasteiger partial charge on any atom is 0.219 e. The van der Waals surface area contributed by atoms with Crippen LogP contribution in [0.5, 0.6) is 5.88 Å². The molecule has 0 fully saturated rings. The van der Waals surface area contributed by atoms with Gasteiger partial charge in [-0.2, -0.15) is 0 Å². The van der Waals surface area contributed by atoms with E-state index in [1.807, 2.05) is 54.7 Å². The Morgan fingerprint density at radius 2 is 1.32 bits per heavy atom. The molecule has 0 atom stereocenters. The fraction of sp³-hybridized carbons (Fsp3) is 0.111. The number of imidazole rings is 1. The summed E-state index contributed by atoms with van der Waals surface area (Å²) in [5, 5.41) is 11.0. The van der Waals surface area contributed by atoms with Gasteiger partial charge < -0.3 is 5.11 Å². The molecule has 0 bridgehead atoms. The van der Waals surface area contributed by atoms with Crippen molar-refractivity contribution >= 4 is 5.65 Å². The molecule has 2 heterocycles. The van der Waals surface area contributed by atoms with Crippen molar-refractivity contribution in [2.24, 2.45) is 0 Å². The van der Waals surface area contributed by atoms with Gasteiger partial charge in [0.2, 0.25) is 5.88 Å². The van der Waals surface area contributed by atoms with Gasteiger partial charge in [-0.25, -0.2) is 9.97 Å². The number of nitrogens with zero attached hydrogens (tertiary/aromatic N) is 3. The first kappa shape index (κ1) is 19.1. The molecule has 0 radical (unpaired) electrons. The maximum absolute atomic E-state index is 11.0. The second-order valence-corrected chi connectivity index (χ2v) is 7.84. The molecule has 4 nitrogen and oxygen atoms in total. The Balaban J connectivity index is 1.64. The maximum atomic E-state index is 11.0. The van der Waals surface area contributed by atoms with Gasteiger partial charge in [0.05, 0.1) is 11.4 Å². The summed E-state index contributed by atoms with van der Waals surface area (Å²) in [5.41, 5.74) is 7.51. The summed E-state index contributed by atoms with van der Waals surface area (Å²) >= 11 is 0. The quantitative estimate of drug-likeness (QED) is 0.415. The predicted octanol–water partition coefficient (Wildman–Crippen LogP) is 5.59. The highest BCUT2D eigenvalue weighted by atomic mass is 16.3. The van der Waals surface area contributed by atoms with E-state index < -0.39 is 0 Å². The minimum Gasteiger partial charge on any atom is -0.493 e. The highest BCUT2D eigenvalue weighted by Crippen LogP contribution is 2.28. The van der Waals surface area contributed by atoms with Crippen LogP contribution >= 0.6 is 0 Å². The summed E-state index contributed by atoms with van der Waals surface area (Å²) in [7, 11) is 0. The molecule has 0 saturated heterocycles. The largest absolute Gasteiger partial charge is 0.493 e. The van der Waals surface area contributed by atoms with Gasteiger partial charge in [0.1, 0.15) is 5.69 Å². The molecule has 0 spiro atoms. The zero-order chi connectivity index (χ0) is 21.2. The van der Waals surface area contributed by atoms with Crippen LogP contribution in [0.4, 0.5) is 0 Å². The van der Waals surface area contributed by atoms with Gasteiger partial charge in [0.25, 0.3) is 0 Å². The first-order valence-corrected chi connectivity index (χ1v) is 10.4. The molecule has 0 amide bonds. The van der Waals surface area contributed by atoms with Crippen LogP contribution in [0.3, 0.4) is 0 Å². The van der Waals surface area contributed by atoms with E-state index in [1.165, 1.54) is 5.56 Å². The number of aromatic nitrogens is 3. The van der Waals surface area contributed by atoms with Gasteiger partial charge in [0.15, 0.2) is 5.65 Å². The molecule has 5 rings (SSSR count). The third-order valence-corrected chi connectivity index (χ3v) is 5.50. The molecular formula is C27H23N3O. The zero-order valence-electron chi connectivity index (χ0n) is 17.4. The molecule has 4 heteroatoms. The van der Waals surface area contributed by atoms with E-state index in [9.17, 15) is 5.11 Å². The summed E-state index contributed by atoms with van der Waals surface area (Å²) in [6.45, 7) is 2.07. The smallest absolute Gasteiger partial charge is 0.219 e. The van der Waals surface area contributed by atoms with Crippen molar-refractivity contribution < 1.29 is 5.11 Å². The van der Waals surface area contributed by atoms with E-state index in [0.717, 1.165) is 28.1 Å².